The van der Waals surface area contributed by atoms with Crippen LogP contribution in [0.1, 0.15) is 18.1 Å². The fourth-order valence-corrected chi connectivity index (χ4v) is 4.21. The molecule has 1 fully saturated rings. The van der Waals surface area contributed by atoms with Crippen molar-refractivity contribution in [2.24, 2.45) is 13.0 Å². The number of carbonyl (C=O) groups is 1. The van der Waals surface area contributed by atoms with Crippen LogP contribution in [0.5, 0.6) is 0 Å². The maximum Gasteiger partial charge on any atom is 0.219 e. The highest BCUT2D eigenvalue weighted by Crippen LogP contribution is 2.22. The van der Waals surface area contributed by atoms with Gasteiger partial charge in [0.15, 0.2) is 0 Å². The highest BCUT2D eigenvalue weighted by molar-refractivity contribution is 5.82. The number of carbonyl (C=O) groups excluding carboxylic acids is 1. The Kier molecular flexibility index (Phi) is 5.39. The van der Waals surface area contributed by atoms with Crippen molar-refractivity contribution in [1.82, 2.24) is 24.6 Å². The highest BCUT2D eigenvalue weighted by atomic mass is 16.2. The maximum atomic E-state index is 12.1. The van der Waals surface area contributed by atoms with E-state index in [-0.39, 0.29) is 5.91 Å². The fourth-order valence-electron chi connectivity index (χ4n) is 4.21. The molecule has 0 radical (unpaired) electrons. The average molecular weight is 377 g/mol. The summed E-state index contributed by atoms with van der Waals surface area (Å²) in [5.41, 5.74) is 3.55. The Balaban J connectivity index is 1.56. The Morgan fingerprint density at radius 1 is 1.18 bits per heavy atom. The van der Waals surface area contributed by atoms with Gasteiger partial charge in [0.25, 0.3) is 0 Å². The van der Waals surface area contributed by atoms with Gasteiger partial charge in [-0.25, -0.2) is 0 Å². The van der Waals surface area contributed by atoms with Crippen LogP contribution in [0.3, 0.4) is 0 Å². The second-order valence-electron chi connectivity index (χ2n) is 7.78. The summed E-state index contributed by atoms with van der Waals surface area (Å²) in [6.07, 6.45) is 6.78. The largest absolute Gasteiger partial charge is 0.341 e. The molecule has 2 aromatic heterocycles. The van der Waals surface area contributed by atoms with Gasteiger partial charge in [-0.15, -0.1) is 0 Å². The molecule has 1 amide bonds. The van der Waals surface area contributed by atoms with E-state index in [1.165, 1.54) is 16.5 Å². The number of amides is 1. The predicted molar refractivity (Wildman–Crippen MR) is 110 cm³/mol. The van der Waals surface area contributed by atoms with E-state index >= 15 is 0 Å². The number of rotatable bonds is 4. The normalized spacial score (nSPS) is 18.4. The van der Waals surface area contributed by atoms with Crippen molar-refractivity contribution in [1.29, 1.82) is 0 Å². The number of benzene rings is 1. The first-order chi connectivity index (χ1) is 13.6. The summed E-state index contributed by atoms with van der Waals surface area (Å²) in [6.45, 7) is 5.99. The third-order valence-corrected chi connectivity index (χ3v) is 5.54. The van der Waals surface area contributed by atoms with Crippen LogP contribution in [0.2, 0.25) is 0 Å². The van der Waals surface area contributed by atoms with Gasteiger partial charge in [0.1, 0.15) is 0 Å². The standard InChI is InChI=1S/C22H27N5O/c1-17(28)27-10-9-26(15-19-12-24-25(2)13-19)14-18(16-27)11-20-5-3-7-22-21(20)6-4-8-23-22/h3-8,12-13,18H,9-11,14-16H2,1-2H3. The molecule has 0 aliphatic carbocycles. The van der Waals surface area contributed by atoms with Gasteiger partial charge in [-0.2, -0.15) is 5.10 Å². The van der Waals surface area contributed by atoms with Crippen LogP contribution < -0.4 is 0 Å². The van der Waals surface area contributed by atoms with Crippen LogP contribution in [0.25, 0.3) is 10.9 Å². The lowest BCUT2D eigenvalue weighted by atomic mass is 9.95. The van der Waals surface area contributed by atoms with Crippen LogP contribution in [-0.4, -0.2) is 56.7 Å². The van der Waals surface area contributed by atoms with Crippen molar-refractivity contribution in [3.63, 3.8) is 0 Å². The summed E-state index contributed by atoms with van der Waals surface area (Å²) in [5, 5.41) is 5.50. The number of hydrogen-bond donors (Lipinski definition) is 0. The van der Waals surface area contributed by atoms with Gasteiger partial charge in [-0.05, 0) is 30.0 Å². The second kappa shape index (κ2) is 8.10. The van der Waals surface area contributed by atoms with E-state index < -0.39 is 0 Å². The molecular formula is C22H27N5O. The van der Waals surface area contributed by atoms with E-state index in [4.69, 9.17) is 0 Å². The molecule has 1 aromatic carbocycles. The Labute approximate surface area is 165 Å². The first-order valence-electron chi connectivity index (χ1n) is 9.86. The molecule has 6 heteroatoms. The number of hydrogen-bond acceptors (Lipinski definition) is 4. The molecule has 4 rings (SSSR count). The Morgan fingerprint density at radius 3 is 2.86 bits per heavy atom. The SMILES string of the molecule is CC(=O)N1CCN(Cc2cnn(C)c2)CC(Cc2cccc3ncccc23)C1. The van der Waals surface area contributed by atoms with Crippen molar-refractivity contribution in [2.45, 2.75) is 19.9 Å². The summed E-state index contributed by atoms with van der Waals surface area (Å²) in [5.74, 6) is 0.543. The molecule has 1 aliphatic rings. The van der Waals surface area contributed by atoms with Crippen LogP contribution in [0, 0.1) is 5.92 Å². The Bertz CT molecular complexity index is 961. The molecule has 3 aromatic rings. The lowest BCUT2D eigenvalue weighted by Gasteiger charge is -2.24. The van der Waals surface area contributed by atoms with Gasteiger partial charge in [0.05, 0.1) is 11.7 Å². The zero-order valence-electron chi connectivity index (χ0n) is 16.6. The van der Waals surface area contributed by atoms with Crippen LogP contribution in [-0.2, 0) is 24.8 Å². The monoisotopic (exact) mass is 377 g/mol. The lowest BCUT2D eigenvalue weighted by molar-refractivity contribution is -0.129. The minimum Gasteiger partial charge on any atom is -0.341 e. The first kappa shape index (κ1) is 18.6. The van der Waals surface area contributed by atoms with Gasteiger partial charge in [-0.1, -0.05) is 18.2 Å². The van der Waals surface area contributed by atoms with E-state index in [0.29, 0.717) is 5.92 Å². The van der Waals surface area contributed by atoms with Crippen LogP contribution in [0.4, 0.5) is 0 Å². The molecule has 0 bridgehead atoms. The summed E-state index contributed by atoms with van der Waals surface area (Å²) >= 11 is 0. The maximum absolute atomic E-state index is 12.1. The summed E-state index contributed by atoms with van der Waals surface area (Å²) in [7, 11) is 1.95. The topological polar surface area (TPSA) is 54.3 Å². The Morgan fingerprint density at radius 2 is 2.07 bits per heavy atom. The van der Waals surface area contributed by atoms with Crippen molar-refractivity contribution in [3.05, 3.63) is 60.0 Å². The average Bonchev–Trinajstić information content (AvgIpc) is 2.98. The molecule has 1 aliphatic heterocycles. The third-order valence-electron chi connectivity index (χ3n) is 5.54. The van der Waals surface area contributed by atoms with Gasteiger partial charge in [0.2, 0.25) is 5.91 Å². The Hall–Kier alpha value is -2.73. The van der Waals surface area contributed by atoms with Crippen LogP contribution >= 0.6 is 0 Å². The summed E-state index contributed by atoms with van der Waals surface area (Å²) in [4.78, 5) is 21.0. The lowest BCUT2D eigenvalue weighted by Crippen LogP contribution is -2.34. The number of fused-ring (bicyclic) bond motifs is 1. The van der Waals surface area contributed by atoms with E-state index in [9.17, 15) is 4.79 Å². The van der Waals surface area contributed by atoms with Gasteiger partial charge < -0.3 is 4.90 Å². The first-order valence-corrected chi connectivity index (χ1v) is 9.86. The smallest absolute Gasteiger partial charge is 0.219 e. The molecule has 28 heavy (non-hydrogen) atoms. The zero-order valence-corrected chi connectivity index (χ0v) is 16.6. The molecule has 1 saturated heterocycles. The molecule has 6 nitrogen and oxygen atoms in total. The van der Waals surface area contributed by atoms with E-state index in [1.807, 2.05) is 35.1 Å². The molecule has 0 N–H and O–H groups in total. The van der Waals surface area contributed by atoms with Gasteiger partial charge >= 0.3 is 0 Å². The minimum atomic E-state index is 0.160. The van der Waals surface area contributed by atoms with Gasteiger partial charge in [-0.3, -0.25) is 19.4 Å². The molecule has 146 valence electrons. The third kappa shape index (κ3) is 4.22. The quantitative estimate of drug-likeness (QED) is 0.701. The summed E-state index contributed by atoms with van der Waals surface area (Å²) in [6, 6.07) is 10.5. The number of aryl methyl sites for hydroxylation is 1. The van der Waals surface area contributed by atoms with Crippen molar-refractivity contribution >= 4 is 16.8 Å². The number of pyridine rings is 1. The molecular weight excluding hydrogens is 350 g/mol. The highest BCUT2D eigenvalue weighted by Gasteiger charge is 2.25. The second-order valence-corrected chi connectivity index (χ2v) is 7.78. The fraction of sp³-hybridized carbons (Fsp3) is 0.409. The van der Waals surface area contributed by atoms with Crippen molar-refractivity contribution in [3.8, 4) is 0 Å². The van der Waals surface area contributed by atoms with Crippen LogP contribution in [0.15, 0.2) is 48.9 Å². The van der Waals surface area contributed by atoms with Gasteiger partial charge in [0, 0.05) is 70.0 Å². The van der Waals surface area contributed by atoms with E-state index in [2.05, 4.69) is 45.4 Å². The molecule has 0 saturated carbocycles. The molecule has 1 atom stereocenters. The predicted octanol–water partition coefficient (Wildman–Crippen LogP) is 2.49. The number of aromatic nitrogens is 3. The molecule has 1 unspecified atom stereocenters. The van der Waals surface area contributed by atoms with E-state index in [0.717, 1.165) is 44.7 Å². The molecule has 3 heterocycles. The van der Waals surface area contributed by atoms with Crippen molar-refractivity contribution in [2.75, 3.05) is 26.2 Å². The minimum absolute atomic E-state index is 0.160. The number of nitrogens with zero attached hydrogens (tertiary/aromatic N) is 5. The summed E-state index contributed by atoms with van der Waals surface area (Å²) < 4.78 is 1.84. The van der Waals surface area contributed by atoms with Crippen molar-refractivity contribution < 1.29 is 4.79 Å². The molecule has 0 spiro atoms. The zero-order chi connectivity index (χ0) is 19.5. The van der Waals surface area contributed by atoms with E-state index in [1.54, 1.807) is 6.92 Å².